The van der Waals surface area contributed by atoms with Crippen LogP contribution >= 0.6 is 0 Å². The first-order valence-electron chi connectivity index (χ1n) is 9.44. The number of benzene rings is 1. The Morgan fingerprint density at radius 1 is 0.923 bits per heavy atom. The van der Waals surface area contributed by atoms with E-state index in [2.05, 4.69) is 45.6 Å². The first-order valence-corrected chi connectivity index (χ1v) is 9.44. The lowest BCUT2D eigenvalue weighted by molar-refractivity contribution is -0.123. The van der Waals surface area contributed by atoms with Crippen molar-refractivity contribution in [3.63, 3.8) is 0 Å². The zero-order chi connectivity index (χ0) is 17.8. The summed E-state index contributed by atoms with van der Waals surface area (Å²) in [6, 6.07) is 12.6. The van der Waals surface area contributed by atoms with Crippen molar-refractivity contribution in [3.05, 3.63) is 60.2 Å². The number of hydrogen-bond acceptors (Lipinski definition) is 4. The van der Waals surface area contributed by atoms with Crippen molar-refractivity contribution in [2.45, 2.75) is 38.0 Å². The quantitative estimate of drug-likeness (QED) is 0.923. The van der Waals surface area contributed by atoms with Crippen LogP contribution < -0.4 is 5.32 Å². The predicted octanol–water partition coefficient (Wildman–Crippen LogP) is 3.14. The second-order valence-electron chi connectivity index (χ2n) is 7.16. The molecule has 1 aromatic heterocycles. The number of nitrogens with zero attached hydrogens (tertiary/aromatic N) is 3. The lowest BCUT2D eigenvalue weighted by atomic mass is 9.73. The van der Waals surface area contributed by atoms with Crippen LogP contribution in [0.4, 0.5) is 0 Å². The monoisotopic (exact) mass is 348 g/mol. The topological polar surface area (TPSA) is 67.2 Å². The van der Waals surface area contributed by atoms with E-state index in [0.29, 0.717) is 30.7 Å². The van der Waals surface area contributed by atoms with E-state index >= 15 is 0 Å². The van der Waals surface area contributed by atoms with Crippen LogP contribution in [0.5, 0.6) is 0 Å². The van der Waals surface area contributed by atoms with Crippen molar-refractivity contribution in [1.29, 1.82) is 0 Å². The maximum Gasteiger partial charge on any atom is 0.230 e. The summed E-state index contributed by atoms with van der Waals surface area (Å²) in [4.78, 5) is 25.8. The largest absolute Gasteiger partial charge is 0.336 e. The van der Waals surface area contributed by atoms with E-state index < -0.39 is 0 Å². The van der Waals surface area contributed by atoms with Gasteiger partial charge in [-0.2, -0.15) is 0 Å². The molecule has 1 amide bonds. The Bertz CT molecular complexity index is 767. The standard InChI is InChI=1S/C21H24N4O/c26-21-18(13-19-22-11-4-12-23-19)20(24-14-25-21)17-9-7-16(8-10-17)15-5-2-1-3-6-15/h1-6,11-12,16-18H,7-10,13-14H2,(H,25,26). The summed E-state index contributed by atoms with van der Waals surface area (Å²) in [5.74, 6) is 1.56. The molecule has 1 saturated carbocycles. The van der Waals surface area contributed by atoms with Gasteiger partial charge in [-0.3, -0.25) is 9.79 Å². The Balaban J connectivity index is 1.45. The number of carbonyl (C=O) groups excluding carboxylic acids is 1. The lowest BCUT2D eigenvalue weighted by Crippen LogP contribution is -2.45. The van der Waals surface area contributed by atoms with E-state index in [4.69, 9.17) is 4.99 Å². The van der Waals surface area contributed by atoms with Gasteiger partial charge in [0.25, 0.3) is 0 Å². The second kappa shape index (κ2) is 7.77. The molecule has 0 radical (unpaired) electrons. The van der Waals surface area contributed by atoms with Gasteiger partial charge in [0.1, 0.15) is 12.5 Å². The smallest absolute Gasteiger partial charge is 0.230 e. The SMILES string of the molecule is O=C1NCN=C(C2CCC(c3ccccc3)CC2)C1Cc1ncccn1. The molecular formula is C21H24N4O. The van der Waals surface area contributed by atoms with Crippen molar-refractivity contribution >= 4 is 11.6 Å². The van der Waals surface area contributed by atoms with Gasteiger partial charge in [-0.15, -0.1) is 0 Å². The molecule has 5 heteroatoms. The van der Waals surface area contributed by atoms with Crippen LogP contribution in [-0.2, 0) is 11.2 Å². The summed E-state index contributed by atoms with van der Waals surface area (Å²) in [6.07, 6.45) is 8.49. The minimum atomic E-state index is -0.232. The van der Waals surface area contributed by atoms with E-state index in [1.54, 1.807) is 18.5 Å². The molecular weight excluding hydrogens is 324 g/mol. The number of carbonyl (C=O) groups is 1. The number of rotatable bonds is 4. The highest BCUT2D eigenvalue weighted by Crippen LogP contribution is 2.38. The number of aromatic nitrogens is 2. The maximum absolute atomic E-state index is 12.5. The third-order valence-electron chi connectivity index (χ3n) is 5.61. The van der Waals surface area contributed by atoms with E-state index in [1.165, 1.54) is 5.56 Å². The fourth-order valence-corrected chi connectivity index (χ4v) is 4.25. The second-order valence-corrected chi connectivity index (χ2v) is 7.16. The Labute approximate surface area is 154 Å². The Hall–Kier alpha value is -2.56. The Morgan fingerprint density at radius 2 is 1.62 bits per heavy atom. The van der Waals surface area contributed by atoms with Crippen molar-refractivity contribution in [2.75, 3.05) is 6.67 Å². The van der Waals surface area contributed by atoms with Gasteiger partial charge in [-0.25, -0.2) is 9.97 Å². The first kappa shape index (κ1) is 16.9. The highest BCUT2D eigenvalue weighted by atomic mass is 16.2. The molecule has 2 aliphatic rings. The van der Waals surface area contributed by atoms with Crippen molar-refractivity contribution in [1.82, 2.24) is 15.3 Å². The molecule has 1 unspecified atom stereocenters. The molecule has 1 aliphatic heterocycles. The molecule has 1 atom stereocenters. The van der Waals surface area contributed by atoms with E-state index in [-0.39, 0.29) is 11.8 Å². The molecule has 1 aliphatic carbocycles. The third kappa shape index (κ3) is 3.66. The molecule has 0 saturated heterocycles. The summed E-state index contributed by atoms with van der Waals surface area (Å²) >= 11 is 0. The summed E-state index contributed by atoms with van der Waals surface area (Å²) in [6.45, 7) is 0.402. The molecule has 4 rings (SSSR count). The molecule has 0 spiro atoms. The highest BCUT2D eigenvalue weighted by molar-refractivity contribution is 6.06. The Kier molecular flexibility index (Phi) is 5.04. The fourth-order valence-electron chi connectivity index (χ4n) is 4.25. The van der Waals surface area contributed by atoms with E-state index in [1.807, 2.05) is 0 Å². The summed E-state index contributed by atoms with van der Waals surface area (Å²) in [7, 11) is 0. The normalized spacial score (nSPS) is 26.1. The number of amides is 1. The first-order chi connectivity index (χ1) is 12.8. The van der Waals surface area contributed by atoms with Gasteiger partial charge >= 0.3 is 0 Å². The summed E-state index contributed by atoms with van der Waals surface area (Å²) in [5.41, 5.74) is 2.50. The maximum atomic E-state index is 12.5. The van der Waals surface area contributed by atoms with Crippen LogP contribution in [0.2, 0.25) is 0 Å². The minimum Gasteiger partial charge on any atom is -0.336 e. The molecule has 2 aromatic rings. The third-order valence-corrected chi connectivity index (χ3v) is 5.61. The molecule has 1 aromatic carbocycles. The Morgan fingerprint density at radius 3 is 2.35 bits per heavy atom. The number of hydrogen-bond donors (Lipinski definition) is 1. The van der Waals surface area contributed by atoms with Crippen LogP contribution in [0.15, 0.2) is 53.8 Å². The molecule has 1 N–H and O–H groups in total. The molecule has 1 fully saturated rings. The van der Waals surface area contributed by atoms with Gasteiger partial charge in [0, 0.05) is 24.5 Å². The number of nitrogens with one attached hydrogen (secondary N) is 1. The zero-order valence-corrected chi connectivity index (χ0v) is 14.8. The molecule has 5 nitrogen and oxygen atoms in total. The van der Waals surface area contributed by atoms with Gasteiger partial charge in [-0.05, 0) is 49.1 Å². The van der Waals surface area contributed by atoms with Crippen LogP contribution in [0.3, 0.4) is 0 Å². The zero-order valence-electron chi connectivity index (χ0n) is 14.8. The summed E-state index contributed by atoms with van der Waals surface area (Å²) < 4.78 is 0. The van der Waals surface area contributed by atoms with Crippen LogP contribution in [-0.4, -0.2) is 28.3 Å². The molecule has 2 heterocycles. The highest BCUT2D eigenvalue weighted by Gasteiger charge is 2.35. The predicted molar refractivity (Wildman–Crippen MR) is 101 cm³/mol. The van der Waals surface area contributed by atoms with E-state index in [0.717, 1.165) is 31.4 Å². The van der Waals surface area contributed by atoms with Crippen LogP contribution in [0, 0.1) is 11.8 Å². The molecule has 26 heavy (non-hydrogen) atoms. The molecule has 134 valence electrons. The van der Waals surface area contributed by atoms with Crippen molar-refractivity contribution in [3.8, 4) is 0 Å². The van der Waals surface area contributed by atoms with Crippen molar-refractivity contribution < 1.29 is 4.79 Å². The van der Waals surface area contributed by atoms with Gasteiger partial charge in [-0.1, -0.05) is 30.3 Å². The average molecular weight is 348 g/mol. The van der Waals surface area contributed by atoms with Crippen LogP contribution in [0.25, 0.3) is 0 Å². The van der Waals surface area contributed by atoms with Gasteiger partial charge in [0.15, 0.2) is 0 Å². The summed E-state index contributed by atoms with van der Waals surface area (Å²) in [5, 5.41) is 2.87. The van der Waals surface area contributed by atoms with Gasteiger partial charge < -0.3 is 5.32 Å². The fraction of sp³-hybridized carbons (Fsp3) is 0.429. The van der Waals surface area contributed by atoms with Crippen LogP contribution in [0.1, 0.15) is 43.0 Å². The average Bonchev–Trinajstić information content (AvgIpc) is 2.71. The van der Waals surface area contributed by atoms with Crippen molar-refractivity contribution in [2.24, 2.45) is 16.8 Å². The lowest BCUT2D eigenvalue weighted by Gasteiger charge is -2.34. The van der Waals surface area contributed by atoms with Gasteiger partial charge in [0.05, 0.1) is 5.92 Å². The van der Waals surface area contributed by atoms with E-state index in [9.17, 15) is 4.79 Å². The minimum absolute atomic E-state index is 0.0626. The molecule has 0 bridgehead atoms. The number of aliphatic imine (C=N–C) groups is 1. The van der Waals surface area contributed by atoms with Gasteiger partial charge in [0.2, 0.25) is 5.91 Å².